The number of fused-ring (bicyclic) bond motifs is 3. The summed E-state index contributed by atoms with van der Waals surface area (Å²) in [5.41, 5.74) is 4.19. The van der Waals surface area contributed by atoms with Gasteiger partial charge in [0, 0.05) is 16.9 Å². The third-order valence-electron chi connectivity index (χ3n) is 7.74. The Hall–Kier alpha value is -2.99. The van der Waals surface area contributed by atoms with Crippen molar-refractivity contribution >= 4 is 11.7 Å². The number of aromatic nitrogens is 3. The highest BCUT2D eigenvalue weighted by molar-refractivity contribution is 5.62. The molecule has 2 saturated carbocycles. The Bertz CT molecular complexity index is 1090. The fraction of sp³-hybridized carbons (Fsp3) is 0.423. The highest BCUT2D eigenvalue weighted by Gasteiger charge is 2.49. The van der Waals surface area contributed by atoms with Gasteiger partial charge in [-0.25, -0.2) is 0 Å². The molecule has 3 aromatic rings. The topological polar surface area (TPSA) is 73.1 Å². The van der Waals surface area contributed by atoms with Gasteiger partial charge in [-0.15, -0.1) is 11.7 Å². The number of hydrogen-bond donors (Lipinski definition) is 1. The lowest BCUT2D eigenvalue weighted by molar-refractivity contribution is -0.174. The first-order chi connectivity index (χ1) is 15.7. The third-order valence-corrected chi connectivity index (χ3v) is 7.74. The van der Waals surface area contributed by atoms with Gasteiger partial charge in [0.05, 0.1) is 29.8 Å². The molecule has 4 aliphatic rings. The molecule has 6 nitrogen and oxygen atoms in total. The second kappa shape index (κ2) is 7.55. The zero-order valence-electron chi connectivity index (χ0n) is 18.2. The second-order valence-corrected chi connectivity index (χ2v) is 9.56. The van der Waals surface area contributed by atoms with E-state index in [4.69, 9.17) is 9.15 Å². The van der Waals surface area contributed by atoms with Crippen LogP contribution in [0.3, 0.4) is 0 Å². The maximum absolute atomic E-state index is 6.37. The first kappa shape index (κ1) is 19.7. The number of nitrogens with zero attached hydrogens (tertiary/aromatic N) is 3. The summed E-state index contributed by atoms with van der Waals surface area (Å²) >= 11 is 0. The van der Waals surface area contributed by atoms with Crippen molar-refractivity contribution in [3.8, 4) is 11.3 Å². The van der Waals surface area contributed by atoms with Gasteiger partial charge in [-0.1, -0.05) is 41.9 Å². The van der Waals surface area contributed by atoms with Crippen molar-refractivity contribution < 1.29 is 9.15 Å². The minimum absolute atomic E-state index is 0.132. The summed E-state index contributed by atoms with van der Waals surface area (Å²) in [6, 6.07) is 13.1. The van der Waals surface area contributed by atoms with Gasteiger partial charge in [0.1, 0.15) is 0 Å². The normalized spacial score (nSPS) is 27.1. The van der Waals surface area contributed by atoms with Crippen LogP contribution >= 0.6 is 0 Å². The highest BCUT2D eigenvalue weighted by atomic mass is 16.5. The molecule has 2 aliphatic carbocycles. The van der Waals surface area contributed by atoms with Crippen LogP contribution < -0.4 is 5.32 Å². The van der Waals surface area contributed by atoms with Crippen molar-refractivity contribution in [2.75, 3.05) is 11.9 Å². The fourth-order valence-electron chi connectivity index (χ4n) is 5.17. The largest absolute Gasteiger partial charge is 0.408 e. The van der Waals surface area contributed by atoms with Gasteiger partial charge in [-0.05, 0) is 56.2 Å². The molecule has 164 valence electrons. The lowest BCUT2D eigenvalue weighted by atomic mass is 9.64. The molecule has 7 rings (SSSR count). The summed E-state index contributed by atoms with van der Waals surface area (Å²) in [5, 5.41) is 11.4. The molecule has 2 aliphatic heterocycles. The quantitative estimate of drug-likeness (QED) is 0.477. The number of rotatable bonds is 6. The summed E-state index contributed by atoms with van der Waals surface area (Å²) < 4.78 is 12.1. The molecule has 1 N–H and O–H groups in total. The highest BCUT2D eigenvalue weighted by Crippen LogP contribution is 2.54. The average molecular weight is 429 g/mol. The van der Waals surface area contributed by atoms with Gasteiger partial charge in [-0.2, -0.15) is 0 Å². The smallest absolute Gasteiger partial charge is 0.320 e. The lowest BCUT2D eigenvalue weighted by Gasteiger charge is -2.52. The molecular formula is C26H28N4O2. The van der Waals surface area contributed by atoms with E-state index in [9.17, 15) is 0 Å². The van der Waals surface area contributed by atoms with Crippen LogP contribution in [0.2, 0.25) is 0 Å². The molecule has 0 amide bonds. The van der Waals surface area contributed by atoms with Gasteiger partial charge >= 0.3 is 6.01 Å². The fourth-order valence-corrected chi connectivity index (χ4v) is 5.17. The lowest BCUT2D eigenvalue weighted by Crippen LogP contribution is -2.48. The Labute approximate surface area is 188 Å². The van der Waals surface area contributed by atoms with Crippen LogP contribution in [0.15, 0.2) is 59.7 Å². The summed E-state index contributed by atoms with van der Waals surface area (Å²) in [6.45, 7) is 4.82. The molecule has 1 aromatic carbocycles. The Balaban J connectivity index is 1.14. The predicted octanol–water partition coefficient (Wildman–Crippen LogP) is 6.11. The Kier molecular flexibility index (Phi) is 4.65. The van der Waals surface area contributed by atoms with Crippen molar-refractivity contribution in [3.63, 3.8) is 0 Å². The van der Waals surface area contributed by atoms with E-state index in [0.717, 1.165) is 68.0 Å². The van der Waals surface area contributed by atoms with E-state index in [1.165, 1.54) is 12.0 Å². The molecule has 6 heteroatoms. The summed E-state index contributed by atoms with van der Waals surface area (Å²) in [5.74, 6) is 1.16. The SMILES string of the molecule is C=CC12CCC(c3ccc(-c4ccc(Nc5nnc(C6CCC6)o5)cn4)cc3)(CC1)OC2. The molecule has 4 fully saturated rings. The van der Waals surface area contributed by atoms with Crippen LogP contribution in [0.4, 0.5) is 11.7 Å². The van der Waals surface area contributed by atoms with Gasteiger partial charge in [-0.3, -0.25) is 4.98 Å². The zero-order chi connectivity index (χ0) is 21.6. The molecule has 2 saturated heterocycles. The van der Waals surface area contributed by atoms with E-state index in [2.05, 4.69) is 57.4 Å². The summed E-state index contributed by atoms with van der Waals surface area (Å²) in [4.78, 5) is 4.63. The summed E-state index contributed by atoms with van der Waals surface area (Å²) in [6.07, 6.45) is 11.9. The predicted molar refractivity (Wildman–Crippen MR) is 123 cm³/mol. The third kappa shape index (κ3) is 3.34. The number of benzene rings is 1. The monoisotopic (exact) mass is 428 g/mol. The average Bonchev–Trinajstić information content (AvgIpc) is 3.27. The second-order valence-electron chi connectivity index (χ2n) is 9.56. The number of anilines is 2. The van der Waals surface area contributed by atoms with Gasteiger partial charge < -0.3 is 14.5 Å². The molecule has 4 heterocycles. The first-order valence-electron chi connectivity index (χ1n) is 11.6. The van der Waals surface area contributed by atoms with E-state index in [-0.39, 0.29) is 11.0 Å². The van der Waals surface area contributed by atoms with Gasteiger partial charge in [0.15, 0.2) is 0 Å². The van der Waals surface area contributed by atoms with E-state index in [0.29, 0.717) is 11.9 Å². The number of hydrogen-bond acceptors (Lipinski definition) is 6. The molecule has 0 unspecified atom stereocenters. The Morgan fingerprint density at radius 1 is 1.00 bits per heavy atom. The maximum atomic E-state index is 6.37. The van der Waals surface area contributed by atoms with E-state index in [1.54, 1.807) is 6.20 Å². The van der Waals surface area contributed by atoms with Gasteiger partial charge in [0.2, 0.25) is 5.89 Å². The standard InChI is InChI=1S/C26H28N4O2/c1-2-25-12-14-26(15-13-25,31-17-25)20-8-6-18(7-9-20)22-11-10-21(16-27-22)28-24-30-29-23(32-24)19-4-3-5-19/h2,6-11,16,19H,1,3-5,12-15,17H2,(H,28,30). The maximum Gasteiger partial charge on any atom is 0.320 e. The minimum atomic E-state index is -0.132. The molecule has 0 spiro atoms. The minimum Gasteiger partial charge on any atom is -0.408 e. The van der Waals surface area contributed by atoms with Crippen LogP contribution in [0, 0.1) is 5.41 Å². The van der Waals surface area contributed by atoms with E-state index >= 15 is 0 Å². The van der Waals surface area contributed by atoms with Crippen LogP contribution in [-0.2, 0) is 10.3 Å². The Morgan fingerprint density at radius 2 is 1.81 bits per heavy atom. The van der Waals surface area contributed by atoms with E-state index in [1.807, 2.05) is 12.1 Å². The van der Waals surface area contributed by atoms with Crippen molar-refractivity contribution in [1.82, 2.24) is 15.2 Å². The molecule has 0 atom stereocenters. The van der Waals surface area contributed by atoms with Crippen molar-refractivity contribution in [1.29, 1.82) is 0 Å². The summed E-state index contributed by atoms with van der Waals surface area (Å²) in [7, 11) is 0. The first-order valence-corrected chi connectivity index (χ1v) is 11.6. The van der Waals surface area contributed by atoms with E-state index < -0.39 is 0 Å². The van der Waals surface area contributed by atoms with Crippen molar-refractivity contribution in [2.24, 2.45) is 5.41 Å². The zero-order valence-corrected chi connectivity index (χ0v) is 18.2. The molecule has 32 heavy (non-hydrogen) atoms. The van der Waals surface area contributed by atoms with Crippen molar-refractivity contribution in [3.05, 3.63) is 66.7 Å². The number of nitrogens with one attached hydrogen (secondary N) is 1. The molecule has 2 bridgehead atoms. The van der Waals surface area contributed by atoms with Crippen LogP contribution in [0.25, 0.3) is 11.3 Å². The molecule has 2 aromatic heterocycles. The Morgan fingerprint density at radius 3 is 2.41 bits per heavy atom. The van der Waals surface area contributed by atoms with Crippen LogP contribution in [-0.4, -0.2) is 21.8 Å². The molecule has 0 radical (unpaired) electrons. The number of pyridine rings is 1. The van der Waals surface area contributed by atoms with Crippen LogP contribution in [0.5, 0.6) is 0 Å². The van der Waals surface area contributed by atoms with Crippen LogP contribution in [0.1, 0.15) is 62.3 Å². The van der Waals surface area contributed by atoms with Crippen molar-refractivity contribution in [2.45, 2.75) is 56.5 Å². The van der Waals surface area contributed by atoms with Gasteiger partial charge in [0.25, 0.3) is 0 Å². The number of ether oxygens (including phenoxy) is 1. The molecular weight excluding hydrogens is 400 g/mol.